The molecule has 1 amide bonds. The first-order chi connectivity index (χ1) is 14.5. The monoisotopic (exact) mass is 450 g/mol. The molecule has 8 heteroatoms. The Labute approximate surface area is 187 Å². The summed E-state index contributed by atoms with van der Waals surface area (Å²) in [6, 6.07) is 6.20. The standard InChI is InChI=1S/C23H38N4O3S/c1-17-9-8-10-18(2)21(17)24-22(28)23(26(3)4)13-15-27(16-14-23)20-12-7-6-11-19(20)25-31(5,29)30/h8-10,19-20,25H,6-7,11-16H2,1-5H3,(H,24,28). The predicted octanol–water partition coefficient (Wildman–Crippen LogP) is 2.50. The molecule has 2 N–H and O–H groups in total. The fourth-order valence-corrected chi connectivity index (χ4v) is 6.13. The van der Waals surface area contributed by atoms with Crippen LogP contribution >= 0.6 is 0 Å². The van der Waals surface area contributed by atoms with Crippen molar-refractivity contribution in [3.8, 4) is 0 Å². The molecular weight excluding hydrogens is 412 g/mol. The number of nitrogens with zero attached hydrogens (tertiary/aromatic N) is 2. The second kappa shape index (κ2) is 9.57. The van der Waals surface area contributed by atoms with E-state index in [1.54, 1.807) is 0 Å². The third-order valence-corrected chi connectivity index (χ3v) is 7.92. The van der Waals surface area contributed by atoms with Gasteiger partial charge in [-0.15, -0.1) is 0 Å². The van der Waals surface area contributed by atoms with Gasteiger partial charge in [0, 0.05) is 30.9 Å². The van der Waals surface area contributed by atoms with Crippen LogP contribution in [0.1, 0.15) is 49.7 Å². The number of likely N-dealkylation sites (tertiary alicyclic amines) is 1. The number of aryl methyl sites for hydroxylation is 2. The average Bonchev–Trinajstić information content (AvgIpc) is 2.70. The summed E-state index contributed by atoms with van der Waals surface area (Å²) in [6.07, 6.45) is 6.73. The summed E-state index contributed by atoms with van der Waals surface area (Å²) in [5.41, 5.74) is 2.47. The van der Waals surface area contributed by atoms with Gasteiger partial charge in [0.15, 0.2) is 0 Å². The minimum Gasteiger partial charge on any atom is -0.324 e. The number of hydrogen-bond donors (Lipinski definition) is 2. The van der Waals surface area contributed by atoms with Crippen molar-refractivity contribution in [2.45, 2.75) is 70.0 Å². The highest BCUT2D eigenvalue weighted by atomic mass is 32.2. The van der Waals surface area contributed by atoms with E-state index in [0.717, 1.165) is 68.4 Å². The van der Waals surface area contributed by atoms with Crippen LogP contribution in [0.4, 0.5) is 5.69 Å². The summed E-state index contributed by atoms with van der Waals surface area (Å²) < 4.78 is 26.6. The van der Waals surface area contributed by atoms with Crippen molar-refractivity contribution in [1.29, 1.82) is 0 Å². The van der Waals surface area contributed by atoms with Gasteiger partial charge in [0.05, 0.1) is 6.26 Å². The first-order valence-electron chi connectivity index (χ1n) is 11.3. The van der Waals surface area contributed by atoms with Gasteiger partial charge in [-0.2, -0.15) is 0 Å². The second-order valence-corrected chi connectivity index (χ2v) is 11.3. The molecule has 1 aliphatic heterocycles. The number of para-hydroxylation sites is 1. The molecule has 2 atom stereocenters. The summed E-state index contributed by atoms with van der Waals surface area (Å²) in [5, 5.41) is 3.21. The number of likely N-dealkylation sites (N-methyl/N-ethyl adjacent to an activating group) is 1. The van der Waals surface area contributed by atoms with Crippen molar-refractivity contribution < 1.29 is 13.2 Å². The number of sulfonamides is 1. The van der Waals surface area contributed by atoms with Gasteiger partial charge in [0.1, 0.15) is 5.54 Å². The van der Waals surface area contributed by atoms with E-state index in [4.69, 9.17) is 0 Å². The Kier molecular flexibility index (Phi) is 7.46. The Hall–Kier alpha value is -1.48. The van der Waals surface area contributed by atoms with Gasteiger partial charge < -0.3 is 5.32 Å². The highest BCUT2D eigenvalue weighted by Crippen LogP contribution is 2.33. The topological polar surface area (TPSA) is 81.8 Å². The quantitative estimate of drug-likeness (QED) is 0.696. The zero-order valence-corrected chi connectivity index (χ0v) is 20.4. The van der Waals surface area contributed by atoms with E-state index in [0.29, 0.717) is 0 Å². The van der Waals surface area contributed by atoms with Crippen molar-refractivity contribution in [2.24, 2.45) is 0 Å². The van der Waals surface area contributed by atoms with Gasteiger partial charge in [0.25, 0.3) is 0 Å². The normalized spacial score (nSPS) is 24.8. The van der Waals surface area contributed by atoms with Crippen molar-refractivity contribution >= 4 is 21.6 Å². The minimum atomic E-state index is -3.24. The van der Waals surface area contributed by atoms with Crippen LogP contribution in [-0.4, -0.2) is 75.2 Å². The fourth-order valence-electron chi connectivity index (χ4n) is 5.31. The fraction of sp³-hybridized carbons (Fsp3) is 0.696. The maximum absolute atomic E-state index is 13.5. The molecular formula is C23H38N4O3S. The molecule has 2 aliphatic rings. The molecule has 1 saturated carbocycles. The van der Waals surface area contributed by atoms with Crippen LogP contribution in [0.3, 0.4) is 0 Å². The minimum absolute atomic E-state index is 0.0425. The van der Waals surface area contributed by atoms with Gasteiger partial charge in [-0.25, -0.2) is 13.1 Å². The molecule has 7 nitrogen and oxygen atoms in total. The zero-order chi connectivity index (χ0) is 22.8. The first-order valence-corrected chi connectivity index (χ1v) is 13.2. The van der Waals surface area contributed by atoms with Gasteiger partial charge >= 0.3 is 0 Å². The average molecular weight is 451 g/mol. The first kappa shape index (κ1) is 24.2. The number of amides is 1. The van der Waals surface area contributed by atoms with Crippen LogP contribution in [-0.2, 0) is 14.8 Å². The number of anilines is 1. The van der Waals surface area contributed by atoms with E-state index in [2.05, 4.69) is 19.8 Å². The Morgan fingerprint density at radius 2 is 1.68 bits per heavy atom. The molecule has 1 aromatic rings. The smallest absolute Gasteiger partial charge is 0.244 e. The lowest BCUT2D eigenvalue weighted by Gasteiger charge is -2.49. The number of hydrogen-bond acceptors (Lipinski definition) is 5. The van der Waals surface area contributed by atoms with E-state index in [1.807, 2.05) is 46.1 Å². The van der Waals surface area contributed by atoms with Gasteiger partial charge in [-0.1, -0.05) is 31.0 Å². The summed E-state index contributed by atoms with van der Waals surface area (Å²) in [6.45, 7) is 5.60. The van der Waals surface area contributed by atoms with Crippen molar-refractivity contribution in [1.82, 2.24) is 14.5 Å². The van der Waals surface area contributed by atoms with Gasteiger partial charge in [-0.05, 0) is 64.8 Å². The molecule has 3 rings (SSSR count). The second-order valence-electron chi connectivity index (χ2n) is 9.53. The Morgan fingerprint density at radius 3 is 2.23 bits per heavy atom. The lowest BCUT2D eigenvalue weighted by Crippen LogP contribution is -2.63. The number of benzene rings is 1. The Bertz CT molecular complexity index is 872. The molecule has 2 fully saturated rings. The summed E-state index contributed by atoms with van der Waals surface area (Å²) >= 11 is 0. The highest BCUT2D eigenvalue weighted by molar-refractivity contribution is 7.88. The summed E-state index contributed by atoms with van der Waals surface area (Å²) in [7, 11) is 0.725. The number of carbonyl (C=O) groups is 1. The van der Waals surface area contributed by atoms with Crippen molar-refractivity contribution in [2.75, 3.05) is 38.8 Å². The third kappa shape index (κ3) is 5.48. The van der Waals surface area contributed by atoms with Crippen LogP contribution in [0.5, 0.6) is 0 Å². The van der Waals surface area contributed by atoms with E-state index >= 15 is 0 Å². The van der Waals surface area contributed by atoms with E-state index in [-0.39, 0.29) is 18.0 Å². The molecule has 0 spiro atoms. The Morgan fingerprint density at radius 1 is 1.10 bits per heavy atom. The molecule has 0 bridgehead atoms. The molecule has 1 heterocycles. The molecule has 0 aromatic heterocycles. The molecule has 174 valence electrons. The van der Waals surface area contributed by atoms with Crippen molar-refractivity contribution in [3.63, 3.8) is 0 Å². The summed E-state index contributed by atoms with van der Waals surface area (Å²) in [4.78, 5) is 18.0. The molecule has 1 aliphatic carbocycles. The van der Waals surface area contributed by atoms with Crippen LogP contribution in [0, 0.1) is 13.8 Å². The predicted molar refractivity (Wildman–Crippen MR) is 126 cm³/mol. The van der Waals surface area contributed by atoms with Crippen LogP contribution < -0.4 is 10.0 Å². The van der Waals surface area contributed by atoms with E-state index < -0.39 is 15.6 Å². The maximum atomic E-state index is 13.5. The molecule has 31 heavy (non-hydrogen) atoms. The largest absolute Gasteiger partial charge is 0.324 e. The number of piperidine rings is 1. The number of carbonyl (C=O) groups excluding carboxylic acids is 1. The molecule has 0 radical (unpaired) electrons. The molecule has 1 saturated heterocycles. The van der Waals surface area contributed by atoms with Crippen LogP contribution in [0.2, 0.25) is 0 Å². The van der Waals surface area contributed by atoms with Crippen LogP contribution in [0.25, 0.3) is 0 Å². The Balaban J connectivity index is 1.73. The van der Waals surface area contributed by atoms with E-state index in [1.165, 1.54) is 6.26 Å². The van der Waals surface area contributed by atoms with Crippen LogP contribution in [0.15, 0.2) is 18.2 Å². The maximum Gasteiger partial charge on any atom is 0.244 e. The zero-order valence-electron chi connectivity index (χ0n) is 19.6. The SMILES string of the molecule is Cc1cccc(C)c1NC(=O)C1(N(C)C)CCN(C2CCCCC2NS(C)(=O)=O)CC1. The van der Waals surface area contributed by atoms with E-state index in [9.17, 15) is 13.2 Å². The number of nitrogens with one attached hydrogen (secondary N) is 2. The van der Waals surface area contributed by atoms with Gasteiger partial charge in [0.2, 0.25) is 15.9 Å². The lowest BCUT2D eigenvalue weighted by atomic mass is 9.82. The highest BCUT2D eigenvalue weighted by Gasteiger charge is 2.45. The summed E-state index contributed by atoms with van der Waals surface area (Å²) in [5.74, 6) is 0.0454. The third-order valence-electron chi connectivity index (χ3n) is 7.19. The van der Waals surface area contributed by atoms with Gasteiger partial charge in [-0.3, -0.25) is 14.6 Å². The molecule has 1 aromatic carbocycles. The lowest BCUT2D eigenvalue weighted by molar-refractivity contribution is -0.130. The molecule has 2 unspecified atom stereocenters. The number of rotatable bonds is 6. The van der Waals surface area contributed by atoms with Crippen molar-refractivity contribution in [3.05, 3.63) is 29.3 Å².